The Morgan fingerprint density at radius 2 is 2.00 bits per heavy atom. The first-order valence-electron chi connectivity index (χ1n) is 8.25. The lowest BCUT2D eigenvalue weighted by molar-refractivity contribution is -0.156. The number of likely N-dealkylation sites (tertiary alicyclic amines) is 1. The van der Waals surface area contributed by atoms with Crippen LogP contribution in [0.2, 0.25) is 0 Å². The molecule has 2 saturated heterocycles. The summed E-state index contributed by atoms with van der Waals surface area (Å²) in [4.78, 5) is 38.9. The number of nitrogens with one attached hydrogen (secondary N) is 1. The van der Waals surface area contributed by atoms with E-state index >= 15 is 0 Å². The molecule has 0 radical (unpaired) electrons. The van der Waals surface area contributed by atoms with Gasteiger partial charge in [0.1, 0.15) is 5.75 Å². The number of imide groups is 1. The van der Waals surface area contributed by atoms with Crippen molar-refractivity contribution in [2.24, 2.45) is 11.8 Å². The van der Waals surface area contributed by atoms with Crippen LogP contribution in [0.1, 0.15) is 17.2 Å². The monoisotopic (exact) mass is 362 g/mol. The molecule has 4 atom stereocenters. The third-order valence-corrected chi connectivity index (χ3v) is 5.49. The maximum Gasteiger partial charge on any atom is 0.329 e. The topological polar surface area (TPSA) is 105 Å². The highest BCUT2D eigenvalue weighted by Crippen LogP contribution is 2.49. The molecule has 2 fully saturated rings. The minimum Gasteiger partial charge on any atom is -0.497 e. The van der Waals surface area contributed by atoms with Gasteiger partial charge < -0.3 is 14.6 Å². The number of nitrogens with zero attached hydrogens (tertiary/aromatic N) is 1. The summed E-state index contributed by atoms with van der Waals surface area (Å²) in [6.07, 6.45) is 0. The molecular weight excluding hydrogens is 340 g/mol. The number of aliphatic hydroxyl groups excluding tert-OH is 1. The molecule has 26 heavy (non-hydrogen) atoms. The summed E-state index contributed by atoms with van der Waals surface area (Å²) in [5.74, 6) is -2.81. The van der Waals surface area contributed by atoms with Crippen LogP contribution >= 0.6 is 0 Å². The van der Waals surface area contributed by atoms with Crippen LogP contribution in [-0.4, -0.2) is 61.2 Å². The quantitative estimate of drug-likeness (QED) is 0.564. The zero-order valence-corrected chi connectivity index (χ0v) is 15.1. The highest BCUT2D eigenvalue weighted by molar-refractivity contribution is 6.09. The van der Waals surface area contributed by atoms with Gasteiger partial charge in [-0.2, -0.15) is 0 Å². The Bertz CT molecular complexity index is 779. The highest BCUT2D eigenvalue weighted by Gasteiger charge is 2.68. The number of hydrogen-bond donors (Lipinski definition) is 2. The first-order valence-corrected chi connectivity index (χ1v) is 8.25. The Balaban J connectivity index is 2.14. The van der Waals surface area contributed by atoms with Crippen molar-refractivity contribution in [3.63, 3.8) is 0 Å². The zero-order chi connectivity index (χ0) is 19.2. The molecule has 2 aliphatic heterocycles. The average Bonchev–Trinajstić information content (AvgIpc) is 3.11. The van der Waals surface area contributed by atoms with Crippen molar-refractivity contribution < 1.29 is 29.0 Å². The summed E-state index contributed by atoms with van der Waals surface area (Å²) >= 11 is 0. The normalized spacial score (nSPS) is 30.5. The van der Waals surface area contributed by atoms with Crippen molar-refractivity contribution in [3.8, 4) is 5.75 Å². The zero-order valence-electron chi connectivity index (χ0n) is 15.1. The van der Waals surface area contributed by atoms with E-state index in [9.17, 15) is 19.5 Å². The number of carbonyl (C=O) groups is 3. The number of benzene rings is 1. The molecule has 0 spiro atoms. The Morgan fingerprint density at radius 1 is 1.31 bits per heavy atom. The van der Waals surface area contributed by atoms with Crippen molar-refractivity contribution in [2.45, 2.75) is 18.5 Å². The van der Waals surface area contributed by atoms with Crippen molar-refractivity contribution >= 4 is 17.8 Å². The maximum atomic E-state index is 12.7. The molecule has 3 rings (SSSR count). The van der Waals surface area contributed by atoms with Crippen LogP contribution in [-0.2, 0) is 19.1 Å². The predicted octanol–water partition coefficient (Wildman–Crippen LogP) is -0.217. The van der Waals surface area contributed by atoms with Gasteiger partial charge in [0, 0.05) is 13.1 Å². The van der Waals surface area contributed by atoms with Gasteiger partial charge in [-0.1, -0.05) is 6.07 Å². The lowest BCUT2D eigenvalue weighted by Crippen LogP contribution is -2.58. The van der Waals surface area contributed by atoms with Gasteiger partial charge >= 0.3 is 5.97 Å². The first-order chi connectivity index (χ1) is 12.3. The molecule has 1 aromatic rings. The summed E-state index contributed by atoms with van der Waals surface area (Å²) < 4.78 is 10.1. The number of rotatable bonds is 4. The van der Waals surface area contributed by atoms with E-state index in [4.69, 9.17) is 9.47 Å². The Kier molecular flexibility index (Phi) is 4.49. The lowest BCUT2D eigenvalue weighted by atomic mass is 9.79. The van der Waals surface area contributed by atoms with Gasteiger partial charge in [-0.3, -0.25) is 19.8 Å². The Morgan fingerprint density at radius 3 is 2.54 bits per heavy atom. The second kappa shape index (κ2) is 6.37. The largest absolute Gasteiger partial charge is 0.497 e. The number of esters is 1. The van der Waals surface area contributed by atoms with E-state index in [1.807, 2.05) is 13.0 Å². The van der Waals surface area contributed by atoms with Crippen LogP contribution in [0.15, 0.2) is 18.2 Å². The van der Waals surface area contributed by atoms with Crippen LogP contribution in [0.25, 0.3) is 0 Å². The van der Waals surface area contributed by atoms with Crippen LogP contribution in [0.4, 0.5) is 0 Å². The van der Waals surface area contributed by atoms with E-state index in [0.717, 1.165) is 16.0 Å². The van der Waals surface area contributed by atoms with E-state index in [-0.39, 0.29) is 5.91 Å². The van der Waals surface area contributed by atoms with Crippen LogP contribution < -0.4 is 10.1 Å². The first kappa shape index (κ1) is 18.3. The number of carbonyl (C=O) groups excluding carboxylic acids is 3. The third-order valence-electron chi connectivity index (χ3n) is 5.49. The Labute approximate surface area is 151 Å². The van der Waals surface area contributed by atoms with Crippen molar-refractivity contribution in [1.82, 2.24) is 10.2 Å². The molecule has 140 valence electrons. The molecule has 8 heteroatoms. The van der Waals surface area contributed by atoms with Gasteiger partial charge in [0.25, 0.3) is 0 Å². The van der Waals surface area contributed by atoms with Gasteiger partial charge in [-0.25, -0.2) is 4.79 Å². The fourth-order valence-electron chi connectivity index (χ4n) is 4.12. The summed E-state index contributed by atoms with van der Waals surface area (Å²) in [7, 11) is 4.13. The highest BCUT2D eigenvalue weighted by atomic mass is 16.5. The molecule has 2 heterocycles. The molecule has 0 aromatic heterocycles. The minimum atomic E-state index is -1.66. The van der Waals surface area contributed by atoms with Gasteiger partial charge in [0.2, 0.25) is 11.8 Å². The fraction of sp³-hybridized carbons (Fsp3) is 0.500. The van der Waals surface area contributed by atoms with Crippen LogP contribution in [0.5, 0.6) is 5.75 Å². The van der Waals surface area contributed by atoms with Gasteiger partial charge in [0.05, 0.1) is 32.7 Å². The number of aliphatic hydroxyl groups is 1. The minimum absolute atomic E-state index is 0.382. The molecule has 0 aliphatic carbocycles. The SMILES string of the molecule is COC(=O)[C@@]1(CO)N[C@@H](c2ccc(OC)cc2C)[C@H]2C(=O)N(C)C(=O)[C@H]21. The number of ether oxygens (including phenoxy) is 2. The van der Waals surface area contributed by atoms with Crippen molar-refractivity contribution in [1.29, 1.82) is 0 Å². The number of hydrogen-bond acceptors (Lipinski definition) is 7. The molecule has 8 nitrogen and oxygen atoms in total. The van der Waals surface area contributed by atoms with E-state index in [0.29, 0.717) is 5.75 Å². The number of amides is 2. The van der Waals surface area contributed by atoms with Crippen molar-refractivity contribution in [3.05, 3.63) is 29.3 Å². The second-order valence-electron chi connectivity index (χ2n) is 6.70. The molecule has 1 aromatic carbocycles. The lowest BCUT2D eigenvalue weighted by Gasteiger charge is -2.30. The molecule has 2 N–H and O–H groups in total. The molecule has 0 bridgehead atoms. The third kappa shape index (κ3) is 2.33. The summed E-state index contributed by atoms with van der Waals surface area (Å²) in [6.45, 7) is 1.20. The summed E-state index contributed by atoms with van der Waals surface area (Å²) in [6, 6.07) is 4.75. The predicted molar refractivity (Wildman–Crippen MR) is 90.2 cm³/mol. The fourth-order valence-corrected chi connectivity index (χ4v) is 4.12. The molecule has 0 saturated carbocycles. The number of fused-ring (bicyclic) bond motifs is 1. The van der Waals surface area contributed by atoms with Crippen LogP contribution in [0.3, 0.4) is 0 Å². The van der Waals surface area contributed by atoms with Gasteiger partial charge in [-0.05, 0) is 30.2 Å². The van der Waals surface area contributed by atoms with E-state index in [1.54, 1.807) is 19.2 Å². The van der Waals surface area contributed by atoms with Gasteiger partial charge in [-0.15, -0.1) is 0 Å². The molecule has 2 aliphatic rings. The van der Waals surface area contributed by atoms with Crippen LogP contribution in [0, 0.1) is 18.8 Å². The standard InChI is InChI=1S/C18H22N2O6/c1-9-7-10(25-3)5-6-11(9)14-12-13(16(23)20(2)15(12)22)18(8-21,19-14)17(24)26-4/h5-7,12-14,19,21H,8H2,1-4H3/t12-,13-,14-,18-/m0/s1. The number of aryl methyl sites for hydroxylation is 1. The number of methoxy groups -OCH3 is 2. The maximum absolute atomic E-state index is 12.7. The van der Waals surface area contributed by atoms with E-state index < -0.39 is 41.9 Å². The second-order valence-corrected chi connectivity index (χ2v) is 6.70. The molecule has 0 unspecified atom stereocenters. The average molecular weight is 362 g/mol. The van der Waals surface area contributed by atoms with Crippen molar-refractivity contribution in [2.75, 3.05) is 27.9 Å². The molecule has 2 amide bonds. The van der Waals surface area contributed by atoms with E-state index in [2.05, 4.69) is 5.32 Å². The summed E-state index contributed by atoms with van der Waals surface area (Å²) in [5, 5.41) is 13.1. The summed E-state index contributed by atoms with van der Waals surface area (Å²) in [5.41, 5.74) is -0.0565. The Hall–Kier alpha value is -2.45. The molecular formula is C18H22N2O6. The van der Waals surface area contributed by atoms with Gasteiger partial charge in [0.15, 0.2) is 5.54 Å². The smallest absolute Gasteiger partial charge is 0.329 e. The van der Waals surface area contributed by atoms with E-state index in [1.165, 1.54) is 14.2 Å².